The van der Waals surface area contributed by atoms with Crippen molar-refractivity contribution in [1.82, 2.24) is 9.78 Å². The highest BCUT2D eigenvalue weighted by atomic mass is 32.2. The van der Waals surface area contributed by atoms with Crippen molar-refractivity contribution < 1.29 is 18.5 Å². The maximum atomic E-state index is 12.9. The molecule has 1 aromatic heterocycles. The number of fused-ring (bicyclic) bond motifs is 2. The second kappa shape index (κ2) is 6.49. The molecule has 7 nitrogen and oxygen atoms in total. The molecule has 1 N–H and O–H groups in total. The SMILES string of the molecule is Cc1ccc(-n2nc3c(c2NC(=O)c2ccc4c(c2)OCO4)C[S@@](=O)C3)cc1. The number of amides is 1. The zero-order valence-electron chi connectivity index (χ0n) is 15.1. The normalized spacial score (nSPS) is 16.8. The smallest absolute Gasteiger partial charge is 0.256 e. The van der Waals surface area contributed by atoms with Gasteiger partial charge in [-0.3, -0.25) is 9.00 Å². The molecule has 5 rings (SSSR count). The standard InChI is InChI=1S/C20H17N3O4S/c1-12-2-5-14(6-3-12)23-19(15-9-28(25)10-16(15)22-23)21-20(24)13-4-7-17-18(8-13)27-11-26-17/h2-8H,9-11H2,1H3,(H,21,24)/t28-/m1/s1. The molecule has 0 saturated heterocycles. The summed E-state index contributed by atoms with van der Waals surface area (Å²) in [6.07, 6.45) is 0. The predicted octanol–water partition coefficient (Wildman–Crippen LogP) is 2.92. The lowest BCUT2D eigenvalue weighted by atomic mass is 10.2. The topological polar surface area (TPSA) is 82.5 Å². The van der Waals surface area contributed by atoms with Crippen LogP contribution in [0.25, 0.3) is 5.69 Å². The van der Waals surface area contributed by atoms with Crippen molar-refractivity contribution >= 4 is 22.5 Å². The summed E-state index contributed by atoms with van der Waals surface area (Å²) in [7, 11) is -0.990. The Morgan fingerprint density at radius 2 is 1.89 bits per heavy atom. The van der Waals surface area contributed by atoms with E-state index in [9.17, 15) is 9.00 Å². The lowest BCUT2D eigenvalue weighted by molar-refractivity contribution is 0.102. The predicted molar refractivity (Wildman–Crippen MR) is 104 cm³/mol. The summed E-state index contributed by atoms with van der Waals surface area (Å²) in [6.45, 7) is 2.16. The minimum Gasteiger partial charge on any atom is -0.454 e. The number of aryl methyl sites for hydroxylation is 1. The Morgan fingerprint density at radius 3 is 2.71 bits per heavy atom. The average molecular weight is 395 g/mol. The van der Waals surface area contributed by atoms with E-state index in [0.29, 0.717) is 34.4 Å². The quantitative estimate of drug-likeness (QED) is 0.737. The van der Waals surface area contributed by atoms with Crippen LogP contribution < -0.4 is 14.8 Å². The van der Waals surface area contributed by atoms with Crippen LogP contribution in [0.4, 0.5) is 5.82 Å². The minimum absolute atomic E-state index is 0.153. The van der Waals surface area contributed by atoms with Crippen LogP contribution in [0.15, 0.2) is 42.5 Å². The molecule has 0 fully saturated rings. The molecule has 0 spiro atoms. The molecule has 3 heterocycles. The second-order valence-corrected chi connectivity index (χ2v) is 8.23. The molecule has 2 aliphatic heterocycles. The number of aromatic nitrogens is 2. The first-order valence-electron chi connectivity index (χ1n) is 8.82. The third kappa shape index (κ3) is 2.86. The highest BCUT2D eigenvalue weighted by Gasteiger charge is 2.28. The molecular formula is C20H17N3O4S. The fraction of sp³-hybridized carbons (Fsp3) is 0.200. The third-order valence-electron chi connectivity index (χ3n) is 4.81. The highest BCUT2D eigenvalue weighted by Crippen LogP contribution is 2.34. The van der Waals surface area contributed by atoms with Crippen LogP contribution in [0.5, 0.6) is 11.5 Å². The van der Waals surface area contributed by atoms with Crippen LogP contribution >= 0.6 is 0 Å². The number of benzene rings is 2. The Hall–Kier alpha value is -3.13. The van der Waals surface area contributed by atoms with Gasteiger partial charge in [0.15, 0.2) is 11.5 Å². The van der Waals surface area contributed by atoms with Crippen molar-refractivity contribution in [3.63, 3.8) is 0 Å². The number of hydrogen-bond donors (Lipinski definition) is 1. The monoisotopic (exact) mass is 395 g/mol. The summed E-state index contributed by atoms with van der Waals surface area (Å²) >= 11 is 0. The largest absolute Gasteiger partial charge is 0.454 e. The molecule has 1 amide bonds. The number of ether oxygens (including phenoxy) is 2. The molecule has 8 heteroatoms. The Balaban J connectivity index is 1.52. The number of nitrogens with one attached hydrogen (secondary N) is 1. The van der Waals surface area contributed by atoms with E-state index >= 15 is 0 Å². The van der Waals surface area contributed by atoms with Crippen LogP contribution in [-0.2, 0) is 22.3 Å². The Kier molecular flexibility index (Phi) is 3.94. The highest BCUT2D eigenvalue weighted by molar-refractivity contribution is 7.83. The van der Waals surface area contributed by atoms with Gasteiger partial charge >= 0.3 is 0 Å². The number of rotatable bonds is 3. The summed E-state index contributed by atoms with van der Waals surface area (Å²) in [5.41, 5.74) is 4.02. The van der Waals surface area contributed by atoms with Crippen molar-refractivity contribution in [1.29, 1.82) is 0 Å². The summed E-state index contributed by atoms with van der Waals surface area (Å²) in [5, 5.41) is 7.57. The van der Waals surface area contributed by atoms with E-state index < -0.39 is 10.8 Å². The van der Waals surface area contributed by atoms with E-state index in [0.717, 1.165) is 22.5 Å². The molecule has 3 aromatic rings. The average Bonchev–Trinajstić information content (AvgIpc) is 3.37. The Labute approximate surface area is 163 Å². The van der Waals surface area contributed by atoms with E-state index in [4.69, 9.17) is 9.47 Å². The summed E-state index contributed by atoms with van der Waals surface area (Å²) in [5.74, 6) is 2.24. The molecule has 142 valence electrons. The number of carbonyl (C=O) groups is 1. The third-order valence-corrected chi connectivity index (χ3v) is 6.02. The first kappa shape index (κ1) is 17.0. The Morgan fingerprint density at radius 1 is 1.11 bits per heavy atom. The van der Waals surface area contributed by atoms with Gasteiger partial charge in [0.1, 0.15) is 5.82 Å². The van der Waals surface area contributed by atoms with Crippen LogP contribution in [0.3, 0.4) is 0 Å². The van der Waals surface area contributed by atoms with E-state index in [-0.39, 0.29) is 12.7 Å². The van der Waals surface area contributed by atoms with Crippen molar-refractivity contribution in [2.45, 2.75) is 18.4 Å². The molecular weight excluding hydrogens is 378 g/mol. The van der Waals surface area contributed by atoms with E-state index in [2.05, 4.69) is 10.4 Å². The number of anilines is 1. The molecule has 28 heavy (non-hydrogen) atoms. The maximum absolute atomic E-state index is 12.9. The fourth-order valence-corrected chi connectivity index (χ4v) is 4.61. The van der Waals surface area contributed by atoms with Crippen molar-refractivity contribution in [3.8, 4) is 17.2 Å². The lowest BCUT2D eigenvalue weighted by Crippen LogP contribution is -2.16. The molecule has 0 aliphatic carbocycles. The first-order chi connectivity index (χ1) is 13.6. The van der Waals surface area contributed by atoms with Gasteiger partial charge in [-0.25, -0.2) is 4.68 Å². The van der Waals surface area contributed by atoms with Gasteiger partial charge in [0.2, 0.25) is 6.79 Å². The zero-order valence-corrected chi connectivity index (χ0v) is 15.9. The number of nitrogens with zero attached hydrogens (tertiary/aromatic N) is 2. The second-order valence-electron chi connectivity index (χ2n) is 6.77. The van der Waals surface area contributed by atoms with Gasteiger partial charge in [-0.05, 0) is 37.3 Å². The van der Waals surface area contributed by atoms with Crippen LogP contribution in [-0.4, -0.2) is 26.7 Å². The summed E-state index contributed by atoms with van der Waals surface area (Å²) in [4.78, 5) is 12.9. The molecule has 2 aliphatic rings. The molecule has 2 aromatic carbocycles. The molecule has 0 radical (unpaired) electrons. The molecule has 0 saturated carbocycles. The van der Waals surface area contributed by atoms with Crippen molar-refractivity contribution in [2.24, 2.45) is 0 Å². The lowest BCUT2D eigenvalue weighted by Gasteiger charge is -2.11. The number of hydrogen-bond acceptors (Lipinski definition) is 5. The van der Waals surface area contributed by atoms with E-state index in [1.54, 1.807) is 22.9 Å². The van der Waals surface area contributed by atoms with Gasteiger partial charge in [0.25, 0.3) is 5.91 Å². The Bertz CT molecular complexity index is 1120. The van der Waals surface area contributed by atoms with E-state index in [1.165, 1.54) is 0 Å². The van der Waals surface area contributed by atoms with Gasteiger partial charge in [-0.1, -0.05) is 17.7 Å². The van der Waals surface area contributed by atoms with Gasteiger partial charge in [-0.2, -0.15) is 5.10 Å². The van der Waals surface area contributed by atoms with Crippen molar-refractivity contribution in [3.05, 3.63) is 64.8 Å². The maximum Gasteiger partial charge on any atom is 0.256 e. The molecule has 0 bridgehead atoms. The van der Waals surface area contributed by atoms with Crippen molar-refractivity contribution in [2.75, 3.05) is 12.1 Å². The van der Waals surface area contributed by atoms with Gasteiger partial charge < -0.3 is 14.8 Å². The summed E-state index contributed by atoms with van der Waals surface area (Å²) < 4.78 is 24.4. The van der Waals surface area contributed by atoms with Crippen LogP contribution in [0, 0.1) is 6.92 Å². The first-order valence-corrected chi connectivity index (χ1v) is 10.3. The summed E-state index contributed by atoms with van der Waals surface area (Å²) in [6, 6.07) is 12.9. The van der Waals surface area contributed by atoms with Gasteiger partial charge in [0, 0.05) is 21.9 Å². The zero-order chi connectivity index (χ0) is 19.3. The minimum atomic E-state index is -0.990. The van der Waals surface area contributed by atoms with Crippen LogP contribution in [0.2, 0.25) is 0 Å². The van der Waals surface area contributed by atoms with Gasteiger partial charge in [-0.15, -0.1) is 0 Å². The number of carbonyl (C=O) groups excluding carboxylic acids is 1. The molecule has 1 atom stereocenters. The van der Waals surface area contributed by atoms with Gasteiger partial charge in [0.05, 0.1) is 22.9 Å². The van der Waals surface area contributed by atoms with E-state index in [1.807, 2.05) is 31.2 Å². The van der Waals surface area contributed by atoms with Crippen LogP contribution in [0.1, 0.15) is 27.2 Å². The fourth-order valence-electron chi connectivity index (χ4n) is 3.35. The molecule has 0 unspecified atom stereocenters.